The third-order valence-corrected chi connectivity index (χ3v) is 5.93. The summed E-state index contributed by atoms with van der Waals surface area (Å²) in [5.74, 6) is 0.286. The molecular weight excluding hydrogens is 438 g/mol. The SMILES string of the molecule is CCn1cccc1[C@H]1[C@@H](c2ccccn2)NC(=S)N1c1ccc(OC)c(NC(=O)COC)c1. The Kier molecular flexibility index (Phi) is 6.90. The number of nitrogens with one attached hydrogen (secondary N) is 2. The van der Waals surface area contributed by atoms with Crippen LogP contribution in [-0.2, 0) is 16.1 Å². The molecule has 4 rings (SSSR count). The van der Waals surface area contributed by atoms with Crippen LogP contribution in [0, 0.1) is 0 Å². The molecule has 0 unspecified atom stereocenters. The summed E-state index contributed by atoms with van der Waals surface area (Å²) in [6, 6.07) is 15.4. The number of anilines is 2. The molecule has 33 heavy (non-hydrogen) atoms. The van der Waals surface area contributed by atoms with E-state index in [1.807, 2.05) is 42.5 Å². The summed E-state index contributed by atoms with van der Waals surface area (Å²) < 4.78 is 12.6. The number of thiocarbonyl (C=S) groups is 1. The van der Waals surface area contributed by atoms with E-state index in [1.54, 1.807) is 13.3 Å². The van der Waals surface area contributed by atoms with Crippen LogP contribution in [0.4, 0.5) is 11.4 Å². The van der Waals surface area contributed by atoms with Crippen molar-refractivity contribution in [3.8, 4) is 5.75 Å². The smallest absolute Gasteiger partial charge is 0.250 e. The lowest BCUT2D eigenvalue weighted by molar-refractivity contribution is -0.119. The van der Waals surface area contributed by atoms with Crippen LogP contribution in [0.15, 0.2) is 60.9 Å². The van der Waals surface area contributed by atoms with Gasteiger partial charge >= 0.3 is 0 Å². The van der Waals surface area contributed by atoms with Gasteiger partial charge < -0.3 is 29.6 Å². The number of hydrogen-bond donors (Lipinski definition) is 2. The standard InChI is InChI=1S/C24H27N5O3S/c1-4-28-13-7-9-19(28)23-22(17-8-5-6-12-25-17)27-24(33)29(23)16-10-11-20(32-3)18(14-16)26-21(30)15-31-2/h5-14,22-23H,4,15H2,1-3H3,(H,26,30)(H,27,33)/t22-,23+/m1/s1. The molecule has 0 bridgehead atoms. The lowest BCUT2D eigenvalue weighted by Crippen LogP contribution is -2.30. The van der Waals surface area contributed by atoms with E-state index >= 15 is 0 Å². The average molecular weight is 466 g/mol. The maximum absolute atomic E-state index is 12.2. The van der Waals surface area contributed by atoms with Crippen molar-refractivity contribution in [2.24, 2.45) is 0 Å². The summed E-state index contributed by atoms with van der Waals surface area (Å²) in [6.07, 6.45) is 3.85. The normalized spacial score (nSPS) is 17.7. The maximum atomic E-state index is 12.2. The van der Waals surface area contributed by atoms with Gasteiger partial charge in [0.2, 0.25) is 5.91 Å². The molecule has 2 N–H and O–H groups in total. The number of carbonyl (C=O) groups is 1. The van der Waals surface area contributed by atoms with Gasteiger partial charge in [0.05, 0.1) is 24.5 Å². The molecule has 0 aliphatic carbocycles. The van der Waals surface area contributed by atoms with E-state index in [-0.39, 0.29) is 24.6 Å². The first-order chi connectivity index (χ1) is 16.1. The Morgan fingerprint density at radius 2 is 2.06 bits per heavy atom. The van der Waals surface area contributed by atoms with Crippen molar-refractivity contribution in [3.63, 3.8) is 0 Å². The molecule has 3 heterocycles. The van der Waals surface area contributed by atoms with Crippen molar-refractivity contribution in [2.75, 3.05) is 31.0 Å². The van der Waals surface area contributed by atoms with Crippen LogP contribution in [0.5, 0.6) is 5.75 Å². The van der Waals surface area contributed by atoms with Crippen LogP contribution in [0.25, 0.3) is 0 Å². The van der Waals surface area contributed by atoms with Crippen LogP contribution < -0.4 is 20.3 Å². The highest BCUT2D eigenvalue weighted by molar-refractivity contribution is 7.80. The molecule has 1 amide bonds. The minimum absolute atomic E-state index is 0.0501. The molecular formula is C24H27N5O3S. The monoisotopic (exact) mass is 465 g/mol. The lowest BCUT2D eigenvalue weighted by Gasteiger charge is -2.29. The molecule has 0 spiro atoms. The Labute approximate surface area is 198 Å². The number of ether oxygens (including phenoxy) is 2. The number of amides is 1. The molecule has 8 nitrogen and oxygen atoms in total. The zero-order valence-electron chi connectivity index (χ0n) is 18.8. The van der Waals surface area contributed by atoms with Crippen LogP contribution in [0.3, 0.4) is 0 Å². The van der Waals surface area contributed by atoms with Crippen molar-refractivity contribution < 1.29 is 14.3 Å². The second-order valence-corrected chi connectivity index (χ2v) is 7.97. The fraction of sp³-hybridized carbons (Fsp3) is 0.292. The lowest BCUT2D eigenvalue weighted by atomic mass is 10.0. The van der Waals surface area contributed by atoms with Crippen molar-refractivity contribution in [1.82, 2.24) is 14.9 Å². The number of hydrogen-bond acceptors (Lipinski definition) is 5. The first-order valence-corrected chi connectivity index (χ1v) is 11.1. The molecule has 172 valence electrons. The molecule has 1 saturated heterocycles. The van der Waals surface area contributed by atoms with Gasteiger partial charge in [0.15, 0.2) is 5.11 Å². The van der Waals surface area contributed by atoms with Crippen molar-refractivity contribution >= 4 is 34.6 Å². The van der Waals surface area contributed by atoms with Gasteiger partial charge in [-0.15, -0.1) is 0 Å². The minimum atomic E-state index is -0.266. The molecule has 2 aromatic heterocycles. The predicted octanol–water partition coefficient (Wildman–Crippen LogP) is 3.67. The Hall–Kier alpha value is -3.43. The van der Waals surface area contributed by atoms with E-state index < -0.39 is 0 Å². The number of benzene rings is 1. The van der Waals surface area contributed by atoms with E-state index in [0.29, 0.717) is 16.5 Å². The number of aromatic nitrogens is 2. The van der Waals surface area contributed by atoms with Gasteiger partial charge in [0.25, 0.3) is 0 Å². The average Bonchev–Trinajstić information content (AvgIpc) is 3.43. The number of rotatable bonds is 8. The summed E-state index contributed by atoms with van der Waals surface area (Å²) >= 11 is 5.80. The molecule has 3 aromatic rings. The first-order valence-electron chi connectivity index (χ1n) is 10.7. The maximum Gasteiger partial charge on any atom is 0.250 e. The quantitative estimate of drug-likeness (QED) is 0.491. The highest BCUT2D eigenvalue weighted by Crippen LogP contribution is 2.43. The van der Waals surface area contributed by atoms with Crippen molar-refractivity contribution in [1.29, 1.82) is 0 Å². The molecule has 1 aliphatic heterocycles. The van der Waals surface area contributed by atoms with Gasteiger partial charge in [-0.2, -0.15) is 0 Å². The first kappa shape index (κ1) is 22.8. The summed E-state index contributed by atoms with van der Waals surface area (Å²) in [7, 11) is 3.05. The third kappa shape index (κ3) is 4.55. The van der Waals surface area contributed by atoms with Gasteiger partial charge in [-0.25, -0.2) is 0 Å². The number of pyridine rings is 1. The third-order valence-electron chi connectivity index (χ3n) is 5.62. The molecule has 0 saturated carbocycles. The summed E-state index contributed by atoms with van der Waals surface area (Å²) in [4.78, 5) is 18.9. The van der Waals surface area contributed by atoms with Crippen LogP contribution in [0.2, 0.25) is 0 Å². The van der Waals surface area contributed by atoms with Gasteiger partial charge in [0, 0.05) is 37.4 Å². The fourth-order valence-electron chi connectivity index (χ4n) is 4.18. The van der Waals surface area contributed by atoms with Gasteiger partial charge in [-0.05, 0) is 61.6 Å². The largest absolute Gasteiger partial charge is 0.495 e. The molecule has 1 fully saturated rings. The van der Waals surface area contributed by atoms with E-state index in [9.17, 15) is 4.79 Å². The number of methoxy groups -OCH3 is 2. The number of nitrogens with zero attached hydrogens (tertiary/aromatic N) is 3. The number of aryl methyl sites for hydroxylation is 1. The van der Waals surface area contributed by atoms with Gasteiger partial charge in [-0.1, -0.05) is 6.07 Å². The topological polar surface area (TPSA) is 80.7 Å². The Morgan fingerprint density at radius 1 is 1.21 bits per heavy atom. The zero-order valence-corrected chi connectivity index (χ0v) is 19.6. The second-order valence-electron chi connectivity index (χ2n) is 7.58. The minimum Gasteiger partial charge on any atom is -0.495 e. The van der Waals surface area contributed by atoms with Crippen LogP contribution in [0.1, 0.15) is 30.4 Å². The van der Waals surface area contributed by atoms with Crippen LogP contribution in [-0.4, -0.2) is 41.4 Å². The molecule has 1 aromatic carbocycles. The van der Waals surface area contributed by atoms with Crippen molar-refractivity contribution in [2.45, 2.75) is 25.6 Å². The fourth-order valence-corrected chi connectivity index (χ4v) is 4.52. The molecule has 9 heteroatoms. The molecule has 1 aliphatic rings. The van der Waals surface area contributed by atoms with E-state index in [4.69, 9.17) is 21.7 Å². The summed E-state index contributed by atoms with van der Waals surface area (Å²) in [5.41, 5.74) is 3.39. The second kappa shape index (κ2) is 10.0. The summed E-state index contributed by atoms with van der Waals surface area (Å²) in [6.45, 7) is 2.89. The Balaban J connectivity index is 1.79. The van der Waals surface area contributed by atoms with E-state index in [2.05, 4.69) is 44.3 Å². The molecule has 0 radical (unpaired) electrons. The highest BCUT2D eigenvalue weighted by Gasteiger charge is 2.42. The molecule has 2 atom stereocenters. The van der Waals surface area contributed by atoms with E-state index in [1.165, 1.54) is 7.11 Å². The van der Waals surface area contributed by atoms with Gasteiger partial charge in [0.1, 0.15) is 18.4 Å². The Bertz CT molecular complexity index is 1130. The predicted molar refractivity (Wildman–Crippen MR) is 132 cm³/mol. The van der Waals surface area contributed by atoms with Crippen molar-refractivity contribution in [3.05, 3.63) is 72.3 Å². The van der Waals surface area contributed by atoms with Crippen LogP contribution >= 0.6 is 12.2 Å². The van der Waals surface area contributed by atoms with E-state index in [0.717, 1.165) is 23.6 Å². The zero-order chi connectivity index (χ0) is 23.4. The highest BCUT2D eigenvalue weighted by atomic mass is 32.1. The Morgan fingerprint density at radius 3 is 2.76 bits per heavy atom. The number of carbonyl (C=O) groups excluding carboxylic acids is 1. The summed E-state index contributed by atoms with van der Waals surface area (Å²) in [5, 5.41) is 6.90. The van der Waals surface area contributed by atoms with Gasteiger partial charge in [-0.3, -0.25) is 9.78 Å².